The van der Waals surface area contributed by atoms with E-state index in [9.17, 15) is 4.79 Å². The second kappa shape index (κ2) is 6.19. The molecule has 1 saturated heterocycles. The molecule has 1 amide bonds. The van der Waals surface area contributed by atoms with E-state index in [1.54, 1.807) is 26.0 Å². The molecule has 19 heavy (non-hydrogen) atoms. The van der Waals surface area contributed by atoms with Crippen molar-refractivity contribution in [2.24, 2.45) is 0 Å². The van der Waals surface area contributed by atoms with E-state index in [4.69, 9.17) is 9.47 Å². The van der Waals surface area contributed by atoms with Crippen LogP contribution in [0, 0.1) is 0 Å². The number of benzene rings is 1. The number of methoxy groups -OCH3 is 2. The molecule has 4 nitrogen and oxygen atoms in total. The number of ether oxygens (including phenoxy) is 2. The minimum absolute atomic E-state index is 0.0255. The molecular weight excluding hydrogens is 262 g/mol. The zero-order valence-corrected chi connectivity index (χ0v) is 12.3. The maximum atomic E-state index is 11.9. The molecule has 0 N–H and O–H groups in total. The van der Waals surface area contributed by atoms with Crippen LogP contribution in [0.15, 0.2) is 18.2 Å². The van der Waals surface area contributed by atoms with E-state index >= 15 is 0 Å². The Morgan fingerprint density at radius 2 is 2.16 bits per heavy atom. The molecule has 2 rings (SSSR count). The van der Waals surface area contributed by atoms with Crippen molar-refractivity contribution >= 4 is 17.7 Å². The van der Waals surface area contributed by atoms with Gasteiger partial charge in [-0.2, -0.15) is 0 Å². The van der Waals surface area contributed by atoms with Gasteiger partial charge in [0.1, 0.15) is 5.37 Å². The molecule has 1 heterocycles. The van der Waals surface area contributed by atoms with Crippen molar-refractivity contribution in [1.29, 1.82) is 0 Å². The molecule has 0 aliphatic carbocycles. The number of hydrogen-bond donors (Lipinski definition) is 0. The summed E-state index contributed by atoms with van der Waals surface area (Å²) in [4.78, 5) is 13.9. The van der Waals surface area contributed by atoms with Crippen LogP contribution < -0.4 is 9.47 Å². The first kappa shape index (κ1) is 14.1. The summed E-state index contributed by atoms with van der Waals surface area (Å²) in [5.41, 5.74) is 1.01. The predicted molar refractivity (Wildman–Crippen MR) is 76.7 cm³/mol. The van der Waals surface area contributed by atoms with E-state index in [0.717, 1.165) is 24.3 Å². The van der Waals surface area contributed by atoms with Gasteiger partial charge in [-0.05, 0) is 12.5 Å². The van der Waals surface area contributed by atoms with Crippen LogP contribution in [0.25, 0.3) is 0 Å². The van der Waals surface area contributed by atoms with Crippen molar-refractivity contribution in [1.82, 2.24) is 4.90 Å². The first-order chi connectivity index (χ1) is 9.22. The highest BCUT2D eigenvalue weighted by atomic mass is 32.2. The van der Waals surface area contributed by atoms with Crippen LogP contribution in [0.4, 0.5) is 0 Å². The van der Waals surface area contributed by atoms with Crippen LogP contribution in [0.5, 0.6) is 11.5 Å². The van der Waals surface area contributed by atoms with Crippen LogP contribution in [0.1, 0.15) is 24.3 Å². The molecule has 0 bridgehead atoms. The number of nitrogens with zero attached hydrogens (tertiary/aromatic N) is 1. The largest absolute Gasteiger partial charge is 0.493 e. The fourth-order valence-electron chi connectivity index (χ4n) is 2.30. The van der Waals surface area contributed by atoms with E-state index in [-0.39, 0.29) is 11.3 Å². The monoisotopic (exact) mass is 281 g/mol. The van der Waals surface area contributed by atoms with Crippen molar-refractivity contribution in [2.75, 3.05) is 26.5 Å². The Hall–Kier alpha value is -1.36. The fourth-order valence-corrected chi connectivity index (χ4v) is 3.54. The number of carbonyl (C=O) groups excluding carboxylic acids is 1. The molecule has 0 saturated carbocycles. The van der Waals surface area contributed by atoms with Gasteiger partial charge in [0, 0.05) is 12.1 Å². The molecule has 5 heteroatoms. The number of para-hydroxylation sites is 1. The van der Waals surface area contributed by atoms with Crippen LogP contribution in [-0.2, 0) is 4.79 Å². The fraction of sp³-hybridized carbons (Fsp3) is 0.500. The standard InChI is InChI=1S/C14H19NO3S/c1-4-8-15-12(16)9-19-14(15)10-6-5-7-11(17-2)13(10)18-3/h5-7,14H,4,8-9H2,1-3H3. The van der Waals surface area contributed by atoms with Crippen molar-refractivity contribution in [2.45, 2.75) is 18.7 Å². The van der Waals surface area contributed by atoms with Crippen molar-refractivity contribution in [3.63, 3.8) is 0 Å². The Morgan fingerprint density at radius 1 is 1.37 bits per heavy atom. The molecule has 1 aliphatic rings. The van der Waals surface area contributed by atoms with Crippen LogP contribution in [0.2, 0.25) is 0 Å². The van der Waals surface area contributed by atoms with E-state index in [1.165, 1.54) is 0 Å². The third-order valence-electron chi connectivity index (χ3n) is 3.13. The molecule has 1 atom stereocenters. The molecule has 104 valence electrons. The third kappa shape index (κ3) is 2.66. The first-order valence-corrected chi connectivity index (χ1v) is 7.39. The van der Waals surface area contributed by atoms with Gasteiger partial charge in [0.05, 0.1) is 20.0 Å². The van der Waals surface area contributed by atoms with Gasteiger partial charge in [0.2, 0.25) is 5.91 Å². The average Bonchev–Trinajstić information content (AvgIpc) is 2.79. The average molecular weight is 281 g/mol. The minimum Gasteiger partial charge on any atom is -0.493 e. The quantitative estimate of drug-likeness (QED) is 0.832. The lowest BCUT2D eigenvalue weighted by atomic mass is 10.1. The molecule has 1 aromatic carbocycles. The van der Waals surface area contributed by atoms with E-state index in [0.29, 0.717) is 11.5 Å². The van der Waals surface area contributed by atoms with E-state index < -0.39 is 0 Å². The van der Waals surface area contributed by atoms with Gasteiger partial charge in [-0.25, -0.2) is 0 Å². The smallest absolute Gasteiger partial charge is 0.233 e. The minimum atomic E-state index is 0.0255. The first-order valence-electron chi connectivity index (χ1n) is 6.34. The predicted octanol–water partition coefficient (Wildman–Crippen LogP) is 2.69. The molecule has 1 fully saturated rings. The van der Waals surface area contributed by atoms with Gasteiger partial charge >= 0.3 is 0 Å². The van der Waals surface area contributed by atoms with Gasteiger partial charge in [0.25, 0.3) is 0 Å². The summed E-state index contributed by atoms with van der Waals surface area (Å²) in [5.74, 6) is 2.15. The Kier molecular flexibility index (Phi) is 4.58. The topological polar surface area (TPSA) is 38.8 Å². The molecule has 1 aliphatic heterocycles. The zero-order valence-electron chi connectivity index (χ0n) is 11.5. The lowest BCUT2D eigenvalue weighted by Gasteiger charge is -2.25. The molecular formula is C14H19NO3S. The lowest BCUT2D eigenvalue weighted by Crippen LogP contribution is -2.29. The number of carbonyl (C=O) groups is 1. The highest BCUT2D eigenvalue weighted by Crippen LogP contribution is 2.45. The van der Waals surface area contributed by atoms with Crippen LogP contribution >= 0.6 is 11.8 Å². The van der Waals surface area contributed by atoms with Gasteiger partial charge in [-0.1, -0.05) is 19.1 Å². The molecule has 0 aromatic heterocycles. The summed E-state index contributed by atoms with van der Waals surface area (Å²) in [7, 11) is 3.26. The van der Waals surface area contributed by atoms with Crippen LogP contribution in [0.3, 0.4) is 0 Å². The summed E-state index contributed by atoms with van der Waals surface area (Å²) in [6.07, 6.45) is 0.953. The maximum absolute atomic E-state index is 11.9. The Bertz CT molecular complexity index is 464. The lowest BCUT2D eigenvalue weighted by molar-refractivity contribution is -0.128. The van der Waals surface area contributed by atoms with Crippen molar-refractivity contribution < 1.29 is 14.3 Å². The summed E-state index contributed by atoms with van der Waals surface area (Å²) in [5, 5.41) is 0.0255. The van der Waals surface area contributed by atoms with Gasteiger partial charge in [-0.15, -0.1) is 11.8 Å². The number of hydrogen-bond acceptors (Lipinski definition) is 4. The number of thioether (sulfide) groups is 1. The third-order valence-corrected chi connectivity index (χ3v) is 4.37. The Morgan fingerprint density at radius 3 is 2.79 bits per heavy atom. The summed E-state index contributed by atoms with van der Waals surface area (Å²) in [6, 6.07) is 5.80. The SMILES string of the molecule is CCCN1C(=O)CSC1c1cccc(OC)c1OC. The van der Waals surface area contributed by atoms with Crippen molar-refractivity contribution in [3.8, 4) is 11.5 Å². The number of rotatable bonds is 5. The molecule has 1 aromatic rings. The summed E-state index contributed by atoms with van der Waals surface area (Å²) >= 11 is 1.64. The van der Waals surface area contributed by atoms with Crippen LogP contribution in [-0.4, -0.2) is 37.3 Å². The highest BCUT2D eigenvalue weighted by Gasteiger charge is 2.34. The second-order valence-corrected chi connectivity index (χ2v) is 5.40. The normalized spacial score (nSPS) is 18.8. The second-order valence-electron chi connectivity index (χ2n) is 4.33. The molecule has 0 radical (unpaired) electrons. The van der Waals surface area contributed by atoms with E-state index in [2.05, 4.69) is 6.92 Å². The molecule has 0 spiro atoms. The zero-order chi connectivity index (χ0) is 13.8. The highest BCUT2D eigenvalue weighted by molar-refractivity contribution is 8.00. The number of amides is 1. The summed E-state index contributed by atoms with van der Waals surface area (Å²) < 4.78 is 10.8. The Balaban J connectivity index is 2.38. The Labute approximate surface area is 118 Å². The van der Waals surface area contributed by atoms with Crippen molar-refractivity contribution in [3.05, 3.63) is 23.8 Å². The van der Waals surface area contributed by atoms with Gasteiger partial charge in [0.15, 0.2) is 11.5 Å². The summed E-state index contributed by atoms with van der Waals surface area (Å²) in [6.45, 7) is 2.85. The van der Waals surface area contributed by atoms with Gasteiger partial charge in [-0.3, -0.25) is 4.79 Å². The van der Waals surface area contributed by atoms with E-state index in [1.807, 2.05) is 23.1 Å². The van der Waals surface area contributed by atoms with Gasteiger partial charge < -0.3 is 14.4 Å². The molecule has 1 unspecified atom stereocenters. The maximum Gasteiger partial charge on any atom is 0.233 e.